The van der Waals surface area contributed by atoms with E-state index in [0.717, 1.165) is 0 Å². The van der Waals surface area contributed by atoms with Crippen LogP contribution >= 0.6 is 0 Å². The van der Waals surface area contributed by atoms with Crippen molar-refractivity contribution in [2.75, 3.05) is 10.0 Å². The number of rotatable bonds is 3. The summed E-state index contributed by atoms with van der Waals surface area (Å²) in [5.41, 5.74) is 2.64. The van der Waals surface area contributed by atoms with Gasteiger partial charge in [-0.3, -0.25) is 9.59 Å². The number of para-hydroxylation sites is 2. The van der Waals surface area contributed by atoms with Gasteiger partial charge in [0.25, 0.3) is 11.8 Å². The van der Waals surface area contributed by atoms with Crippen molar-refractivity contribution in [3.8, 4) is 0 Å². The van der Waals surface area contributed by atoms with Gasteiger partial charge in [0.2, 0.25) is 0 Å². The molecule has 0 aromatic heterocycles. The molecule has 0 aliphatic carbocycles. The summed E-state index contributed by atoms with van der Waals surface area (Å²) in [5.74, 6) is -1.65. The fourth-order valence-electron chi connectivity index (χ4n) is 3.44. The third kappa shape index (κ3) is 2.50. The van der Waals surface area contributed by atoms with E-state index in [0.29, 0.717) is 22.8 Å². The highest BCUT2D eigenvalue weighted by Gasteiger charge is 2.48. The van der Waals surface area contributed by atoms with Gasteiger partial charge in [-0.05, 0) is 38.1 Å². The van der Waals surface area contributed by atoms with Crippen LogP contribution in [0.15, 0.2) is 70.9 Å². The lowest BCUT2D eigenvalue weighted by molar-refractivity contribution is -0.126. The normalized spacial score (nSPS) is 22.7. The Morgan fingerprint density at radius 3 is 1.35 bits per heavy atom. The Bertz CT molecular complexity index is 844. The predicted molar refractivity (Wildman–Crippen MR) is 101 cm³/mol. The first-order valence-corrected chi connectivity index (χ1v) is 8.46. The van der Waals surface area contributed by atoms with E-state index in [1.165, 1.54) is 10.0 Å². The highest BCUT2D eigenvalue weighted by atomic mass is 16.2. The van der Waals surface area contributed by atoms with Crippen LogP contribution in [-0.4, -0.2) is 23.2 Å². The van der Waals surface area contributed by atoms with Crippen molar-refractivity contribution in [3.05, 3.63) is 60.7 Å². The third-order valence-electron chi connectivity index (χ3n) is 4.70. The largest absolute Gasteiger partial charge is 0.272 e. The Hall–Kier alpha value is -3.28. The van der Waals surface area contributed by atoms with Gasteiger partial charge >= 0.3 is 0 Å². The van der Waals surface area contributed by atoms with E-state index in [2.05, 4.69) is 10.2 Å². The molecule has 2 aromatic rings. The molecule has 6 nitrogen and oxygen atoms in total. The molecular formula is C20H18N4O2. The molecule has 0 N–H and O–H groups in total. The van der Waals surface area contributed by atoms with Crippen molar-refractivity contribution in [1.82, 2.24) is 0 Å². The van der Waals surface area contributed by atoms with Gasteiger partial charge in [-0.1, -0.05) is 36.4 Å². The number of carbonyl (C=O) groups is 2. The second kappa shape index (κ2) is 6.22. The zero-order chi connectivity index (χ0) is 18.3. The van der Waals surface area contributed by atoms with Gasteiger partial charge < -0.3 is 0 Å². The molecule has 6 heteroatoms. The average Bonchev–Trinajstić information content (AvgIpc) is 3.12. The highest BCUT2D eigenvalue weighted by Crippen LogP contribution is 2.34. The van der Waals surface area contributed by atoms with E-state index in [4.69, 9.17) is 0 Å². The molecule has 2 atom stereocenters. The van der Waals surface area contributed by atoms with Crippen molar-refractivity contribution < 1.29 is 9.59 Å². The van der Waals surface area contributed by atoms with Crippen molar-refractivity contribution >= 4 is 34.6 Å². The minimum Gasteiger partial charge on any atom is -0.272 e. The van der Waals surface area contributed by atoms with Crippen LogP contribution in [0.2, 0.25) is 0 Å². The summed E-state index contributed by atoms with van der Waals surface area (Å²) >= 11 is 0. The Morgan fingerprint density at radius 1 is 0.654 bits per heavy atom. The summed E-state index contributed by atoms with van der Waals surface area (Å²) in [6.45, 7) is 3.58. The zero-order valence-electron chi connectivity index (χ0n) is 14.5. The molecule has 0 fully saturated rings. The third-order valence-corrected chi connectivity index (χ3v) is 4.70. The number of hydrogen-bond donors (Lipinski definition) is 0. The molecule has 0 spiro atoms. The number of amides is 2. The van der Waals surface area contributed by atoms with Gasteiger partial charge in [0.15, 0.2) is 0 Å². The summed E-state index contributed by atoms with van der Waals surface area (Å²) in [6, 6.07) is 18.5. The van der Waals surface area contributed by atoms with Crippen LogP contribution in [0.3, 0.4) is 0 Å². The molecular weight excluding hydrogens is 328 g/mol. The van der Waals surface area contributed by atoms with Crippen molar-refractivity contribution in [1.29, 1.82) is 0 Å². The summed E-state index contributed by atoms with van der Waals surface area (Å²) in [4.78, 5) is 26.0. The van der Waals surface area contributed by atoms with Crippen LogP contribution in [0.5, 0.6) is 0 Å². The van der Waals surface area contributed by atoms with Crippen LogP contribution in [0.25, 0.3) is 0 Å². The van der Waals surface area contributed by atoms with E-state index in [9.17, 15) is 9.59 Å². The maximum Gasteiger partial charge on any atom is 0.257 e. The molecule has 130 valence electrons. The fourth-order valence-corrected chi connectivity index (χ4v) is 3.44. The monoisotopic (exact) mass is 346 g/mol. The molecule has 0 saturated heterocycles. The number of nitrogens with zero attached hydrogens (tertiary/aromatic N) is 4. The standard InChI is InChI=1S/C20H18N4O2/c1-13-17(19(25)23(21-13)15-9-5-3-6-10-15)18-14(2)22-24(20(18)26)16-11-7-4-8-12-16/h3-12,17-18H,1-2H3/t17-,18+. The molecule has 0 saturated carbocycles. The lowest BCUT2D eigenvalue weighted by atomic mass is 9.85. The second-order valence-electron chi connectivity index (χ2n) is 6.41. The van der Waals surface area contributed by atoms with E-state index in [1.54, 1.807) is 13.8 Å². The summed E-state index contributed by atoms with van der Waals surface area (Å²) in [5, 5.41) is 11.6. The molecule has 0 radical (unpaired) electrons. The first kappa shape index (κ1) is 16.2. The molecule has 0 bridgehead atoms. The Kier molecular flexibility index (Phi) is 3.88. The van der Waals surface area contributed by atoms with E-state index >= 15 is 0 Å². The number of benzene rings is 2. The quantitative estimate of drug-likeness (QED) is 0.857. The minimum atomic E-state index is -0.625. The first-order valence-electron chi connectivity index (χ1n) is 8.46. The SMILES string of the molecule is CC1=NN(c2ccccc2)C(=O)[C@H]1[C@H]1C(=O)N(c2ccccc2)N=C1C. The van der Waals surface area contributed by atoms with Crippen molar-refractivity contribution in [3.63, 3.8) is 0 Å². The van der Waals surface area contributed by atoms with Gasteiger partial charge in [0, 0.05) is 11.4 Å². The van der Waals surface area contributed by atoms with Crippen LogP contribution in [0.1, 0.15) is 13.8 Å². The molecule has 2 aliphatic rings. The first-order chi connectivity index (χ1) is 12.6. The lowest BCUT2D eigenvalue weighted by Gasteiger charge is -2.19. The molecule has 26 heavy (non-hydrogen) atoms. The average molecular weight is 346 g/mol. The van der Waals surface area contributed by atoms with Crippen LogP contribution < -0.4 is 10.0 Å². The Balaban J connectivity index is 1.64. The van der Waals surface area contributed by atoms with Gasteiger partial charge in [-0.2, -0.15) is 10.2 Å². The number of anilines is 2. The Labute approximate surface area is 151 Å². The number of hydrogen-bond acceptors (Lipinski definition) is 4. The lowest BCUT2D eigenvalue weighted by Crippen LogP contribution is -2.40. The number of hydrazone groups is 2. The van der Waals surface area contributed by atoms with Gasteiger partial charge in [0.05, 0.1) is 23.2 Å². The van der Waals surface area contributed by atoms with Crippen LogP contribution in [-0.2, 0) is 9.59 Å². The second-order valence-corrected chi connectivity index (χ2v) is 6.41. The van der Waals surface area contributed by atoms with Crippen molar-refractivity contribution in [2.24, 2.45) is 22.0 Å². The van der Waals surface area contributed by atoms with E-state index in [-0.39, 0.29) is 11.8 Å². The maximum atomic E-state index is 13.0. The Morgan fingerprint density at radius 2 is 1.00 bits per heavy atom. The molecule has 2 amide bonds. The summed E-state index contributed by atoms with van der Waals surface area (Å²) in [7, 11) is 0. The molecule has 2 aliphatic heterocycles. The molecule has 4 rings (SSSR count). The molecule has 2 heterocycles. The topological polar surface area (TPSA) is 65.3 Å². The van der Waals surface area contributed by atoms with Crippen LogP contribution in [0, 0.1) is 11.8 Å². The smallest absolute Gasteiger partial charge is 0.257 e. The summed E-state index contributed by atoms with van der Waals surface area (Å²) in [6.07, 6.45) is 0. The number of carbonyl (C=O) groups excluding carboxylic acids is 2. The predicted octanol–water partition coefficient (Wildman–Crippen LogP) is 3.06. The van der Waals surface area contributed by atoms with Crippen molar-refractivity contribution in [2.45, 2.75) is 13.8 Å². The summed E-state index contributed by atoms with van der Waals surface area (Å²) < 4.78 is 0. The zero-order valence-corrected chi connectivity index (χ0v) is 14.5. The van der Waals surface area contributed by atoms with Gasteiger partial charge in [-0.15, -0.1) is 0 Å². The van der Waals surface area contributed by atoms with Crippen LogP contribution in [0.4, 0.5) is 11.4 Å². The maximum absolute atomic E-state index is 13.0. The fraction of sp³-hybridized carbons (Fsp3) is 0.200. The highest BCUT2D eigenvalue weighted by molar-refractivity contribution is 6.25. The van der Waals surface area contributed by atoms with E-state index < -0.39 is 11.8 Å². The minimum absolute atomic E-state index is 0.198. The molecule has 0 unspecified atom stereocenters. The molecule has 2 aromatic carbocycles. The van der Waals surface area contributed by atoms with Gasteiger partial charge in [0.1, 0.15) is 0 Å². The van der Waals surface area contributed by atoms with Gasteiger partial charge in [-0.25, -0.2) is 10.0 Å². The van der Waals surface area contributed by atoms with E-state index in [1.807, 2.05) is 60.7 Å².